The van der Waals surface area contributed by atoms with E-state index in [9.17, 15) is 30.3 Å². The fraction of sp³-hybridized carbons (Fsp3) is 0.0714. The Hall–Kier alpha value is -4.09. The molecule has 0 radical (unpaired) electrons. The van der Waals surface area contributed by atoms with Crippen molar-refractivity contribution in [1.82, 2.24) is 0 Å². The predicted molar refractivity (Wildman–Crippen MR) is 90.6 cm³/mol. The van der Waals surface area contributed by atoms with Crippen molar-refractivity contribution < 1.29 is 19.5 Å². The lowest BCUT2D eigenvalue weighted by molar-refractivity contribution is -0.393. The molecule has 0 saturated carbocycles. The molecule has 2 rings (SSSR count). The van der Waals surface area contributed by atoms with Gasteiger partial charge in [0.1, 0.15) is 5.69 Å². The van der Waals surface area contributed by atoms with E-state index in [0.29, 0.717) is 5.56 Å². The number of ether oxygens (including phenoxy) is 1. The van der Waals surface area contributed by atoms with Crippen LogP contribution in [0.4, 0.5) is 22.7 Å². The van der Waals surface area contributed by atoms with Crippen LogP contribution >= 0.6 is 0 Å². The number of anilines is 1. The highest BCUT2D eigenvalue weighted by Crippen LogP contribution is 2.29. The third kappa shape index (κ3) is 4.05. The molecule has 134 valence electrons. The molecule has 0 unspecified atom stereocenters. The van der Waals surface area contributed by atoms with Gasteiger partial charge < -0.3 is 4.74 Å². The van der Waals surface area contributed by atoms with Crippen LogP contribution in [-0.4, -0.2) is 28.1 Å². The van der Waals surface area contributed by atoms with Crippen molar-refractivity contribution in [2.24, 2.45) is 5.10 Å². The van der Waals surface area contributed by atoms with Gasteiger partial charge in [-0.05, 0) is 18.2 Å². The number of nitrogens with zero attached hydrogens (tertiary/aromatic N) is 4. The summed E-state index contributed by atoms with van der Waals surface area (Å²) in [4.78, 5) is 30.5. The largest absolute Gasteiger partial charge is 0.490 e. The summed E-state index contributed by atoms with van der Waals surface area (Å²) < 4.78 is 4.88. The smallest absolute Gasteiger partial charge is 0.311 e. The van der Waals surface area contributed by atoms with Gasteiger partial charge in [-0.15, -0.1) is 0 Å². The predicted octanol–water partition coefficient (Wildman–Crippen LogP) is 2.87. The maximum Gasteiger partial charge on any atom is 0.311 e. The number of rotatable bonds is 7. The van der Waals surface area contributed by atoms with Gasteiger partial charge in [-0.2, -0.15) is 5.10 Å². The Morgan fingerprint density at radius 1 is 0.962 bits per heavy atom. The molecule has 0 heterocycles. The van der Waals surface area contributed by atoms with E-state index in [2.05, 4.69) is 10.5 Å². The molecule has 12 heteroatoms. The number of hydrogen-bond donors (Lipinski definition) is 1. The molecule has 0 amide bonds. The first-order valence-corrected chi connectivity index (χ1v) is 6.88. The minimum Gasteiger partial charge on any atom is -0.490 e. The maximum atomic E-state index is 11.0. The lowest BCUT2D eigenvalue weighted by Gasteiger charge is -2.03. The highest BCUT2D eigenvalue weighted by atomic mass is 16.6. The van der Waals surface area contributed by atoms with Gasteiger partial charge in [0.25, 0.3) is 5.69 Å². The summed E-state index contributed by atoms with van der Waals surface area (Å²) in [6.07, 6.45) is 1.21. The van der Waals surface area contributed by atoms with Crippen LogP contribution in [0.5, 0.6) is 5.75 Å². The Balaban J connectivity index is 2.26. The van der Waals surface area contributed by atoms with Crippen LogP contribution in [0, 0.1) is 30.3 Å². The average molecular weight is 361 g/mol. The van der Waals surface area contributed by atoms with Crippen LogP contribution in [0.3, 0.4) is 0 Å². The Kier molecular flexibility index (Phi) is 5.37. The molecule has 0 aliphatic heterocycles. The molecule has 26 heavy (non-hydrogen) atoms. The summed E-state index contributed by atoms with van der Waals surface area (Å²) in [6, 6.07) is 7.13. The lowest BCUT2D eigenvalue weighted by atomic mass is 10.2. The molecule has 2 aromatic rings. The molecule has 0 saturated heterocycles. The van der Waals surface area contributed by atoms with Gasteiger partial charge in [-0.1, -0.05) is 0 Å². The first-order chi connectivity index (χ1) is 12.3. The number of benzene rings is 2. The Bertz CT molecular complexity index is 913. The molecule has 0 bridgehead atoms. The van der Waals surface area contributed by atoms with Crippen molar-refractivity contribution in [2.45, 2.75) is 0 Å². The summed E-state index contributed by atoms with van der Waals surface area (Å²) in [5, 5.41) is 36.5. The van der Waals surface area contributed by atoms with Crippen LogP contribution in [0.2, 0.25) is 0 Å². The molecular weight excluding hydrogens is 350 g/mol. The zero-order valence-corrected chi connectivity index (χ0v) is 13.2. The first-order valence-electron chi connectivity index (χ1n) is 6.88. The second-order valence-electron chi connectivity index (χ2n) is 4.77. The van der Waals surface area contributed by atoms with Crippen molar-refractivity contribution >= 4 is 29.0 Å². The quantitative estimate of drug-likeness (QED) is 0.447. The number of methoxy groups -OCH3 is 1. The van der Waals surface area contributed by atoms with E-state index in [1.807, 2.05) is 0 Å². The van der Waals surface area contributed by atoms with Crippen LogP contribution in [0.15, 0.2) is 41.5 Å². The Morgan fingerprint density at radius 3 is 2.23 bits per heavy atom. The van der Waals surface area contributed by atoms with Crippen molar-refractivity contribution in [3.05, 3.63) is 72.3 Å². The van der Waals surface area contributed by atoms with Crippen LogP contribution in [0.1, 0.15) is 5.56 Å². The van der Waals surface area contributed by atoms with Crippen molar-refractivity contribution in [1.29, 1.82) is 0 Å². The molecule has 0 aliphatic carbocycles. The zero-order chi connectivity index (χ0) is 19.3. The molecule has 0 fully saturated rings. The van der Waals surface area contributed by atoms with Crippen molar-refractivity contribution in [2.75, 3.05) is 12.5 Å². The minimum absolute atomic E-state index is 0.0696. The van der Waals surface area contributed by atoms with E-state index in [1.54, 1.807) is 0 Å². The lowest BCUT2D eigenvalue weighted by Crippen LogP contribution is -1.99. The average Bonchev–Trinajstić information content (AvgIpc) is 2.61. The molecule has 0 aliphatic rings. The monoisotopic (exact) mass is 361 g/mol. The molecule has 0 atom stereocenters. The Labute approximate surface area is 145 Å². The Morgan fingerprint density at radius 2 is 1.65 bits per heavy atom. The van der Waals surface area contributed by atoms with E-state index in [4.69, 9.17) is 4.74 Å². The van der Waals surface area contributed by atoms with Crippen LogP contribution < -0.4 is 10.2 Å². The minimum atomic E-state index is -0.789. The van der Waals surface area contributed by atoms with E-state index in [1.165, 1.54) is 31.5 Å². The van der Waals surface area contributed by atoms with Crippen LogP contribution in [0.25, 0.3) is 0 Å². The number of nitrogens with one attached hydrogen (secondary N) is 1. The SMILES string of the molecule is COc1ccc(/C=N\Nc2ccc([N+](=O)[O-])cc2[N+](=O)[O-])cc1[N+](=O)[O-]. The highest BCUT2D eigenvalue weighted by Gasteiger charge is 2.19. The molecule has 1 N–H and O–H groups in total. The first kappa shape index (κ1) is 18.3. The van der Waals surface area contributed by atoms with Gasteiger partial charge in [-0.3, -0.25) is 35.8 Å². The van der Waals surface area contributed by atoms with Crippen molar-refractivity contribution in [3.63, 3.8) is 0 Å². The van der Waals surface area contributed by atoms with Gasteiger partial charge in [0, 0.05) is 17.7 Å². The molecule has 12 nitrogen and oxygen atoms in total. The zero-order valence-electron chi connectivity index (χ0n) is 13.2. The van der Waals surface area contributed by atoms with Gasteiger partial charge in [0.15, 0.2) is 5.75 Å². The van der Waals surface area contributed by atoms with E-state index in [-0.39, 0.29) is 17.1 Å². The van der Waals surface area contributed by atoms with Crippen molar-refractivity contribution in [3.8, 4) is 5.75 Å². The van der Waals surface area contributed by atoms with Gasteiger partial charge in [0.05, 0.1) is 34.2 Å². The number of nitro groups is 3. The second-order valence-corrected chi connectivity index (χ2v) is 4.77. The van der Waals surface area contributed by atoms with Gasteiger partial charge in [-0.25, -0.2) is 0 Å². The number of hydrazone groups is 1. The topological polar surface area (TPSA) is 163 Å². The fourth-order valence-corrected chi connectivity index (χ4v) is 1.99. The summed E-state index contributed by atoms with van der Waals surface area (Å²) in [6.45, 7) is 0. The number of nitro benzene ring substituents is 3. The summed E-state index contributed by atoms with van der Waals surface area (Å²) in [5.41, 5.74) is 1.43. The van der Waals surface area contributed by atoms with Gasteiger partial charge in [0.2, 0.25) is 0 Å². The fourth-order valence-electron chi connectivity index (χ4n) is 1.99. The van der Waals surface area contributed by atoms with E-state index in [0.717, 1.165) is 18.2 Å². The maximum absolute atomic E-state index is 11.0. The normalized spacial score (nSPS) is 10.5. The third-order valence-electron chi connectivity index (χ3n) is 3.19. The third-order valence-corrected chi connectivity index (χ3v) is 3.19. The van der Waals surface area contributed by atoms with Crippen LogP contribution in [-0.2, 0) is 0 Å². The van der Waals surface area contributed by atoms with E-state index >= 15 is 0 Å². The summed E-state index contributed by atoms with van der Waals surface area (Å²) in [5.74, 6) is 0.0751. The molecular formula is C14H11N5O7. The number of non-ortho nitro benzene ring substituents is 1. The summed E-state index contributed by atoms with van der Waals surface area (Å²) in [7, 11) is 1.30. The molecule has 0 aromatic heterocycles. The van der Waals surface area contributed by atoms with Gasteiger partial charge >= 0.3 is 11.4 Å². The highest BCUT2D eigenvalue weighted by molar-refractivity contribution is 5.82. The summed E-state index contributed by atoms with van der Waals surface area (Å²) >= 11 is 0. The number of hydrogen-bond acceptors (Lipinski definition) is 9. The molecule has 0 spiro atoms. The molecule has 2 aromatic carbocycles. The standard InChI is InChI=1S/C14H11N5O7/c1-26-14-5-2-9(6-13(14)19(24)25)8-15-16-11-4-3-10(17(20)21)7-12(11)18(22)23/h2-8,16H,1H3/b15-8-. The second kappa shape index (κ2) is 7.65. The van der Waals surface area contributed by atoms with E-state index < -0.39 is 26.1 Å².